The highest BCUT2D eigenvalue weighted by molar-refractivity contribution is 7.92. The number of hydrogen-bond acceptors (Lipinski definition) is 12. The van der Waals surface area contributed by atoms with Gasteiger partial charge in [-0.15, -0.1) is 0 Å². The van der Waals surface area contributed by atoms with Gasteiger partial charge in [0.25, 0.3) is 0 Å². The van der Waals surface area contributed by atoms with Crippen LogP contribution in [0.2, 0.25) is 5.02 Å². The van der Waals surface area contributed by atoms with Gasteiger partial charge in [-0.25, -0.2) is 18.2 Å². The fourth-order valence-corrected chi connectivity index (χ4v) is 6.67. The van der Waals surface area contributed by atoms with Crippen LogP contribution in [0.4, 0.5) is 34.5 Å². The molecule has 13 nitrogen and oxygen atoms in total. The first-order chi connectivity index (χ1) is 23.7. The molecule has 2 fully saturated rings. The number of ether oxygens (including phenoxy) is 2. The van der Waals surface area contributed by atoms with Crippen LogP contribution in [-0.2, 0) is 19.6 Å². The lowest BCUT2D eigenvalue weighted by atomic mass is 10.0. The zero-order chi connectivity index (χ0) is 36.1. The van der Waals surface area contributed by atoms with E-state index in [9.17, 15) is 13.2 Å². The number of methoxy groups -OCH3 is 1. The zero-order valence-corrected chi connectivity index (χ0v) is 31.1. The summed E-state index contributed by atoms with van der Waals surface area (Å²) in [5.41, 5.74) is 2.25. The number of para-hydroxylation sites is 2. The molecule has 2 saturated heterocycles. The monoisotopic (exact) mass is 726 g/mol. The number of rotatable bonds is 11. The van der Waals surface area contributed by atoms with E-state index in [2.05, 4.69) is 41.4 Å². The molecule has 0 atom stereocenters. The summed E-state index contributed by atoms with van der Waals surface area (Å²) in [5.74, 6) is 0.940. The third kappa shape index (κ3) is 9.70. The summed E-state index contributed by atoms with van der Waals surface area (Å²) in [7, 11) is -0.371. The molecule has 3 heterocycles. The van der Waals surface area contributed by atoms with Gasteiger partial charge in [0.2, 0.25) is 16.0 Å². The van der Waals surface area contributed by atoms with Crippen LogP contribution >= 0.6 is 11.6 Å². The maximum atomic E-state index is 12.2. The fraction of sp³-hybridized carbons (Fsp3) is 0.457. The zero-order valence-electron chi connectivity index (χ0n) is 29.5. The maximum Gasteiger partial charge on any atom is 0.332 e. The van der Waals surface area contributed by atoms with Gasteiger partial charge >= 0.3 is 5.97 Å². The van der Waals surface area contributed by atoms with Crippen molar-refractivity contribution in [1.82, 2.24) is 19.8 Å². The van der Waals surface area contributed by atoms with Crippen LogP contribution in [0.5, 0.6) is 5.75 Å². The number of halogens is 1. The van der Waals surface area contributed by atoms with E-state index in [1.54, 1.807) is 31.4 Å². The molecule has 1 aromatic heterocycles. The Kier molecular flexibility index (Phi) is 11.6. The largest absolute Gasteiger partial charge is 0.494 e. The highest BCUT2D eigenvalue weighted by atomic mass is 35.5. The minimum Gasteiger partial charge on any atom is -0.494 e. The van der Waals surface area contributed by atoms with E-state index in [4.69, 9.17) is 21.1 Å². The molecular weight excluding hydrogens is 680 g/mol. The van der Waals surface area contributed by atoms with Gasteiger partial charge < -0.3 is 29.9 Å². The lowest BCUT2D eigenvalue weighted by Crippen LogP contribution is -2.52. The summed E-state index contributed by atoms with van der Waals surface area (Å²) < 4.78 is 36.7. The minimum absolute atomic E-state index is 0.273. The second kappa shape index (κ2) is 15.7. The van der Waals surface area contributed by atoms with Crippen LogP contribution < -0.4 is 24.6 Å². The molecular formula is C35H47ClN8O5S. The van der Waals surface area contributed by atoms with Gasteiger partial charge in [-0.2, -0.15) is 4.98 Å². The Labute approximate surface area is 300 Å². The number of benzene rings is 2. The van der Waals surface area contributed by atoms with E-state index in [0.717, 1.165) is 64.1 Å². The lowest BCUT2D eigenvalue weighted by molar-refractivity contribution is -0.148. The van der Waals surface area contributed by atoms with Crippen molar-refractivity contribution >= 4 is 62.1 Å². The smallest absolute Gasteiger partial charge is 0.332 e. The summed E-state index contributed by atoms with van der Waals surface area (Å²) in [4.78, 5) is 28.1. The number of nitrogens with one attached hydrogen (secondary N) is 2. The predicted molar refractivity (Wildman–Crippen MR) is 200 cm³/mol. The highest BCUT2D eigenvalue weighted by Crippen LogP contribution is 2.35. The molecule has 3 aromatic rings. The number of sulfonamides is 1. The molecule has 0 radical (unpaired) electrons. The summed E-state index contributed by atoms with van der Waals surface area (Å²) in [6.45, 7) is 11.2. The van der Waals surface area contributed by atoms with E-state index in [1.807, 2.05) is 39.1 Å². The molecule has 2 aliphatic heterocycles. The van der Waals surface area contributed by atoms with Crippen molar-refractivity contribution in [2.45, 2.75) is 45.3 Å². The normalized spacial score (nSPS) is 16.4. The van der Waals surface area contributed by atoms with Crippen molar-refractivity contribution in [1.29, 1.82) is 0 Å². The molecule has 15 heteroatoms. The van der Waals surface area contributed by atoms with Crippen molar-refractivity contribution < 1.29 is 22.7 Å². The first-order valence-corrected chi connectivity index (χ1v) is 18.8. The second-order valence-electron chi connectivity index (χ2n) is 13.4. The van der Waals surface area contributed by atoms with Gasteiger partial charge in [0, 0.05) is 76.4 Å². The van der Waals surface area contributed by atoms with Gasteiger partial charge in [-0.05, 0) is 57.9 Å². The summed E-state index contributed by atoms with van der Waals surface area (Å²) in [6, 6.07) is 13.6. The Hall–Kier alpha value is -4.27. The number of nitrogens with zero attached hydrogens (tertiary/aromatic N) is 6. The second-order valence-corrected chi connectivity index (χ2v) is 15.8. The quantitative estimate of drug-likeness (QED) is 0.192. The van der Waals surface area contributed by atoms with E-state index in [1.165, 1.54) is 23.6 Å². The van der Waals surface area contributed by atoms with Crippen molar-refractivity contribution in [3.63, 3.8) is 0 Å². The van der Waals surface area contributed by atoms with Crippen LogP contribution in [-0.4, -0.2) is 105 Å². The van der Waals surface area contributed by atoms with Crippen LogP contribution in [0, 0.1) is 0 Å². The Morgan fingerprint density at radius 2 is 1.72 bits per heavy atom. The third-order valence-electron chi connectivity index (χ3n) is 8.69. The number of piperazine rings is 1. The van der Waals surface area contributed by atoms with Gasteiger partial charge in [0.1, 0.15) is 16.4 Å². The summed E-state index contributed by atoms with van der Waals surface area (Å²) >= 11 is 6.44. The number of piperidine rings is 1. The maximum absolute atomic E-state index is 12.2. The number of anilines is 6. The van der Waals surface area contributed by atoms with E-state index in [-0.39, 0.29) is 16.9 Å². The molecule has 0 bridgehead atoms. The fourth-order valence-electron chi connectivity index (χ4n) is 6.02. The lowest BCUT2D eigenvalue weighted by Gasteiger charge is -2.43. The molecule has 270 valence electrons. The average Bonchev–Trinajstić information content (AvgIpc) is 3.08. The number of carbonyl (C=O) groups excluding carboxylic acids is 1. The van der Waals surface area contributed by atoms with Gasteiger partial charge in [-0.3, -0.25) is 9.21 Å². The number of hydrogen-bond donors (Lipinski definition) is 2. The SMILES string of the molecule is COc1cc(N2CCC(N3CCN(C=CC(=O)OC(C)(C)C)CC3)CC2)ccc1Nc1ncc(Cl)c(Nc2ccccc2N(C)S(C)(=O)=O)n1. The Morgan fingerprint density at radius 3 is 2.38 bits per heavy atom. The van der Waals surface area contributed by atoms with Gasteiger partial charge in [-0.1, -0.05) is 23.7 Å². The molecule has 50 heavy (non-hydrogen) atoms. The van der Waals surface area contributed by atoms with Crippen molar-refractivity contribution in [2.24, 2.45) is 0 Å². The van der Waals surface area contributed by atoms with Gasteiger partial charge in [0.05, 0.1) is 36.6 Å². The van der Waals surface area contributed by atoms with Crippen molar-refractivity contribution in [3.05, 3.63) is 66.0 Å². The molecule has 2 aromatic carbocycles. The first kappa shape index (κ1) is 37.0. The third-order valence-corrected chi connectivity index (χ3v) is 10.2. The van der Waals surface area contributed by atoms with Gasteiger partial charge in [0.15, 0.2) is 5.82 Å². The highest BCUT2D eigenvalue weighted by Gasteiger charge is 2.28. The molecule has 5 rings (SSSR count). The predicted octanol–water partition coefficient (Wildman–Crippen LogP) is 5.46. The van der Waals surface area contributed by atoms with Crippen molar-refractivity contribution in [2.75, 3.05) is 79.5 Å². The standard InChI is InChI=1S/C35H47ClN8O5S/c1-35(2,3)49-32(45)15-16-42-19-21-44(22-20-42)25-13-17-43(18-14-25)26-11-12-29(31(23-26)48-5)39-34-37-24-27(36)33(40-34)38-28-9-7-8-10-30(28)41(4)50(6,46)47/h7-12,15-16,23-25H,13-14,17-22H2,1-6H3,(H2,37,38,39,40). The molecule has 0 amide bonds. The summed E-state index contributed by atoms with van der Waals surface area (Å²) in [5, 5.41) is 6.66. The van der Waals surface area contributed by atoms with Crippen LogP contribution in [0.15, 0.2) is 60.9 Å². The van der Waals surface area contributed by atoms with Crippen LogP contribution in [0.1, 0.15) is 33.6 Å². The molecule has 2 aliphatic rings. The topological polar surface area (TPSA) is 132 Å². The Morgan fingerprint density at radius 1 is 1.02 bits per heavy atom. The van der Waals surface area contributed by atoms with E-state index < -0.39 is 15.6 Å². The van der Waals surface area contributed by atoms with Crippen LogP contribution in [0.3, 0.4) is 0 Å². The summed E-state index contributed by atoms with van der Waals surface area (Å²) in [6.07, 6.45) is 8.13. The number of aromatic nitrogens is 2. The minimum atomic E-state index is -3.49. The average molecular weight is 727 g/mol. The van der Waals surface area contributed by atoms with Crippen molar-refractivity contribution in [3.8, 4) is 5.75 Å². The first-order valence-electron chi connectivity index (χ1n) is 16.6. The molecule has 0 saturated carbocycles. The van der Waals surface area contributed by atoms with E-state index >= 15 is 0 Å². The molecule has 2 N–H and O–H groups in total. The number of carbonyl (C=O) groups is 1. The Bertz CT molecular complexity index is 1790. The number of esters is 1. The van der Waals surface area contributed by atoms with E-state index in [0.29, 0.717) is 34.7 Å². The molecule has 0 aliphatic carbocycles. The molecule has 0 unspecified atom stereocenters. The van der Waals surface area contributed by atoms with Crippen LogP contribution in [0.25, 0.3) is 0 Å². The molecule has 0 spiro atoms. The Balaban J connectivity index is 1.17.